The molecule has 0 saturated carbocycles. The van der Waals surface area contributed by atoms with Gasteiger partial charge in [0.2, 0.25) is 0 Å². The number of alkyl halides is 2. The lowest BCUT2D eigenvalue weighted by molar-refractivity contribution is -0.0511. The zero-order chi connectivity index (χ0) is 19.7. The van der Waals surface area contributed by atoms with E-state index in [2.05, 4.69) is 21.2 Å². The molecule has 0 aliphatic carbocycles. The van der Waals surface area contributed by atoms with Crippen LogP contribution in [-0.4, -0.2) is 36.7 Å². The Kier molecular flexibility index (Phi) is 5.50. The zero-order valence-electron chi connectivity index (χ0n) is 14.9. The van der Waals surface area contributed by atoms with Gasteiger partial charge in [-0.05, 0) is 43.2 Å². The van der Waals surface area contributed by atoms with Crippen molar-refractivity contribution in [3.05, 3.63) is 58.1 Å². The van der Waals surface area contributed by atoms with Gasteiger partial charge in [-0.1, -0.05) is 28.1 Å². The van der Waals surface area contributed by atoms with Crippen LogP contribution in [0.25, 0.3) is 0 Å². The van der Waals surface area contributed by atoms with Gasteiger partial charge in [0.25, 0.3) is 5.91 Å². The van der Waals surface area contributed by atoms with Crippen LogP contribution in [0, 0.1) is 0 Å². The highest BCUT2D eigenvalue weighted by Gasteiger charge is 2.36. The number of para-hydroxylation sites is 1. The molecule has 28 heavy (non-hydrogen) atoms. The van der Waals surface area contributed by atoms with Crippen molar-refractivity contribution >= 4 is 27.5 Å². The number of nitrogens with one attached hydrogen (secondary N) is 1. The number of carbonyl (C=O) groups is 1. The molecule has 1 amide bonds. The lowest BCUT2D eigenvalue weighted by atomic mass is 10.0. The van der Waals surface area contributed by atoms with Crippen molar-refractivity contribution in [3.63, 3.8) is 0 Å². The summed E-state index contributed by atoms with van der Waals surface area (Å²) in [6.07, 6.45) is 1.07. The molecule has 2 aliphatic rings. The molecule has 0 aromatic heterocycles. The molecule has 2 aliphatic heterocycles. The van der Waals surface area contributed by atoms with Crippen molar-refractivity contribution in [3.8, 4) is 5.75 Å². The highest BCUT2D eigenvalue weighted by molar-refractivity contribution is 9.10. The zero-order valence-corrected chi connectivity index (χ0v) is 16.5. The third-order valence-corrected chi connectivity index (χ3v) is 5.42. The van der Waals surface area contributed by atoms with Gasteiger partial charge in [0.1, 0.15) is 11.9 Å². The fourth-order valence-electron chi connectivity index (χ4n) is 3.67. The highest BCUT2D eigenvalue weighted by Crippen LogP contribution is 2.39. The van der Waals surface area contributed by atoms with Gasteiger partial charge in [0, 0.05) is 28.9 Å². The van der Waals surface area contributed by atoms with Crippen molar-refractivity contribution in [1.29, 1.82) is 0 Å². The molecule has 1 fully saturated rings. The first kappa shape index (κ1) is 19.1. The van der Waals surface area contributed by atoms with Crippen molar-refractivity contribution in [2.75, 3.05) is 18.5 Å². The van der Waals surface area contributed by atoms with E-state index in [4.69, 9.17) is 9.47 Å². The Hall–Kier alpha value is -2.19. The summed E-state index contributed by atoms with van der Waals surface area (Å²) in [5.74, 6) is -0.141. The molecule has 0 radical (unpaired) electrons. The molecule has 2 heterocycles. The number of nitrogens with zero attached hydrogens (tertiary/aromatic N) is 1. The SMILES string of the molecule is O=C1c2ccccc2N[C@H](c2cc(Br)ccc2OC(F)F)N1C[C@@H]1CCCO1. The summed E-state index contributed by atoms with van der Waals surface area (Å²) in [6.45, 7) is -1.93. The Bertz CT molecular complexity index is 874. The predicted octanol–water partition coefficient (Wildman–Crippen LogP) is 4.80. The van der Waals surface area contributed by atoms with Crippen LogP contribution in [0.3, 0.4) is 0 Å². The lowest BCUT2D eigenvalue weighted by Gasteiger charge is -2.39. The highest BCUT2D eigenvalue weighted by atomic mass is 79.9. The van der Waals surface area contributed by atoms with Crippen LogP contribution in [0.15, 0.2) is 46.9 Å². The summed E-state index contributed by atoms with van der Waals surface area (Å²) in [6, 6.07) is 12.0. The topological polar surface area (TPSA) is 50.8 Å². The smallest absolute Gasteiger partial charge is 0.387 e. The van der Waals surface area contributed by atoms with Crippen molar-refractivity contribution in [1.82, 2.24) is 4.90 Å². The Labute approximate surface area is 169 Å². The average Bonchev–Trinajstić information content (AvgIpc) is 3.18. The molecular formula is C20H19BrF2N2O3. The number of hydrogen-bond acceptors (Lipinski definition) is 4. The third kappa shape index (κ3) is 3.84. The Morgan fingerprint density at radius 2 is 2.11 bits per heavy atom. The average molecular weight is 453 g/mol. The van der Waals surface area contributed by atoms with Crippen LogP contribution in [0.1, 0.15) is 34.9 Å². The van der Waals surface area contributed by atoms with E-state index in [-0.39, 0.29) is 17.8 Å². The summed E-state index contributed by atoms with van der Waals surface area (Å²) in [4.78, 5) is 14.9. The van der Waals surface area contributed by atoms with Crippen molar-refractivity contribution in [2.24, 2.45) is 0 Å². The molecule has 2 aromatic carbocycles. The maximum absolute atomic E-state index is 13.2. The van der Waals surface area contributed by atoms with Gasteiger partial charge in [0.05, 0.1) is 11.7 Å². The van der Waals surface area contributed by atoms with E-state index in [0.717, 1.165) is 12.8 Å². The predicted molar refractivity (Wildman–Crippen MR) is 104 cm³/mol. The molecule has 0 bridgehead atoms. The van der Waals surface area contributed by atoms with Gasteiger partial charge in [-0.25, -0.2) is 0 Å². The first-order chi connectivity index (χ1) is 13.5. The van der Waals surface area contributed by atoms with Crippen LogP contribution in [0.4, 0.5) is 14.5 Å². The molecule has 4 rings (SSSR count). The lowest BCUT2D eigenvalue weighted by Crippen LogP contribution is -2.46. The Morgan fingerprint density at radius 3 is 2.86 bits per heavy atom. The second-order valence-corrected chi connectivity index (χ2v) is 7.66. The fourth-order valence-corrected chi connectivity index (χ4v) is 4.05. The van der Waals surface area contributed by atoms with E-state index < -0.39 is 12.8 Å². The van der Waals surface area contributed by atoms with Crippen LogP contribution in [0.5, 0.6) is 5.75 Å². The van der Waals surface area contributed by atoms with Crippen LogP contribution >= 0.6 is 15.9 Å². The van der Waals surface area contributed by atoms with Crippen molar-refractivity contribution < 1.29 is 23.0 Å². The molecule has 2 atom stereocenters. The molecule has 5 nitrogen and oxygen atoms in total. The summed E-state index contributed by atoms with van der Waals surface area (Å²) >= 11 is 3.39. The first-order valence-electron chi connectivity index (χ1n) is 9.05. The second-order valence-electron chi connectivity index (χ2n) is 6.75. The number of rotatable bonds is 5. The maximum atomic E-state index is 13.2. The standard InChI is InChI=1S/C20H19BrF2N2O3/c21-12-7-8-17(28-20(22)23)15(10-12)18-24-16-6-2-1-5-14(16)19(26)25(18)11-13-4-3-9-27-13/h1-2,5-8,10,13,18,20,24H,3-4,9,11H2/t13-,18-/m0/s1. The normalized spacial score (nSPS) is 21.6. The molecule has 0 spiro atoms. The minimum atomic E-state index is -2.96. The summed E-state index contributed by atoms with van der Waals surface area (Å²) in [5.41, 5.74) is 1.66. The number of hydrogen-bond donors (Lipinski definition) is 1. The van der Waals surface area contributed by atoms with E-state index in [1.54, 1.807) is 35.2 Å². The molecule has 1 saturated heterocycles. The number of amides is 1. The second kappa shape index (κ2) is 8.05. The van der Waals surface area contributed by atoms with Gasteiger partial charge in [-0.3, -0.25) is 4.79 Å². The number of carbonyl (C=O) groups excluding carboxylic acids is 1. The maximum Gasteiger partial charge on any atom is 0.387 e. The van der Waals surface area contributed by atoms with Gasteiger partial charge in [0.15, 0.2) is 0 Å². The molecule has 2 aromatic rings. The quantitative estimate of drug-likeness (QED) is 0.707. The fraction of sp³-hybridized carbons (Fsp3) is 0.350. The Balaban J connectivity index is 1.76. The van der Waals surface area contributed by atoms with Crippen LogP contribution in [0.2, 0.25) is 0 Å². The summed E-state index contributed by atoms with van der Waals surface area (Å²) in [5, 5.41) is 3.31. The largest absolute Gasteiger partial charge is 0.434 e. The molecule has 8 heteroatoms. The number of halogens is 3. The monoisotopic (exact) mass is 452 g/mol. The summed E-state index contributed by atoms with van der Waals surface area (Å²) < 4.78 is 37.1. The van der Waals surface area contributed by atoms with E-state index >= 15 is 0 Å². The van der Waals surface area contributed by atoms with Gasteiger partial charge in [-0.15, -0.1) is 0 Å². The number of benzene rings is 2. The Morgan fingerprint density at radius 1 is 1.29 bits per heavy atom. The molecule has 148 valence electrons. The van der Waals surface area contributed by atoms with Crippen LogP contribution in [-0.2, 0) is 4.74 Å². The first-order valence-corrected chi connectivity index (χ1v) is 9.84. The van der Waals surface area contributed by atoms with Gasteiger partial charge >= 0.3 is 6.61 Å². The molecule has 1 N–H and O–H groups in total. The van der Waals surface area contributed by atoms with E-state index in [0.29, 0.717) is 34.4 Å². The molecular weight excluding hydrogens is 434 g/mol. The number of fused-ring (bicyclic) bond motifs is 1. The number of ether oxygens (including phenoxy) is 2. The number of anilines is 1. The minimum Gasteiger partial charge on any atom is -0.434 e. The van der Waals surface area contributed by atoms with E-state index in [1.165, 1.54) is 6.07 Å². The van der Waals surface area contributed by atoms with Crippen molar-refractivity contribution in [2.45, 2.75) is 31.7 Å². The van der Waals surface area contributed by atoms with Gasteiger partial charge in [-0.2, -0.15) is 8.78 Å². The van der Waals surface area contributed by atoms with Crippen LogP contribution < -0.4 is 10.1 Å². The van der Waals surface area contributed by atoms with Gasteiger partial charge < -0.3 is 19.7 Å². The van der Waals surface area contributed by atoms with E-state index in [9.17, 15) is 13.6 Å². The summed E-state index contributed by atoms with van der Waals surface area (Å²) in [7, 11) is 0. The third-order valence-electron chi connectivity index (χ3n) is 4.93. The molecule has 0 unspecified atom stereocenters. The van der Waals surface area contributed by atoms with E-state index in [1.807, 2.05) is 6.07 Å². The minimum absolute atomic E-state index is 0.0280.